The van der Waals surface area contributed by atoms with E-state index in [1.54, 1.807) is 6.20 Å². The molecule has 1 aliphatic heterocycles. The number of rotatable bonds is 5. The van der Waals surface area contributed by atoms with Crippen molar-refractivity contribution >= 4 is 16.8 Å². The summed E-state index contributed by atoms with van der Waals surface area (Å²) in [5.74, 6) is -0.300. The maximum absolute atomic E-state index is 12.7. The minimum atomic E-state index is -0.300. The number of hydrogen-bond donors (Lipinski definition) is 1. The molecule has 0 unspecified atom stereocenters. The number of benzene rings is 1. The molecule has 0 saturated heterocycles. The van der Waals surface area contributed by atoms with Crippen molar-refractivity contribution in [3.63, 3.8) is 0 Å². The average molecular weight is 350 g/mol. The molecule has 3 heterocycles. The third kappa shape index (κ3) is 2.81. The standard InChI is InChI=1S/C20H22N4O2/c1-13-11-14(2)24(22-13)9-4-8-21-20(26)17-12-23-10-7-15-5-3-6-16(18(15)23)19(17)25/h3,5-6,11-12H,4,7-10H2,1-2H3,(H,21,26). The number of aryl methyl sites for hydroxylation is 5. The summed E-state index contributed by atoms with van der Waals surface area (Å²) in [6.45, 7) is 6.05. The molecule has 6 nitrogen and oxygen atoms in total. The van der Waals surface area contributed by atoms with Crippen molar-refractivity contribution in [3.8, 4) is 0 Å². The molecule has 1 N–H and O–H groups in total. The van der Waals surface area contributed by atoms with Gasteiger partial charge in [-0.3, -0.25) is 14.3 Å². The first-order valence-electron chi connectivity index (χ1n) is 8.99. The summed E-state index contributed by atoms with van der Waals surface area (Å²) in [7, 11) is 0. The highest BCUT2D eigenvalue weighted by molar-refractivity contribution is 5.98. The average Bonchev–Trinajstić information content (AvgIpc) is 3.18. The fourth-order valence-corrected chi connectivity index (χ4v) is 3.75. The highest BCUT2D eigenvalue weighted by Crippen LogP contribution is 2.23. The van der Waals surface area contributed by atoms with Gasteiger partial charge in [-0.1, -0.05) is 12.1 Å². The van der Waals surface area contributed by atoms with Crippen LogP contribution in [0.5, 0.6) is 0 Å². The van der Waals surface area contributed by atoms with Crippen LogP contribution in [-0.4, -0.2) is 26.8 Å². The lowest BCUT2D eigenvalue weighted by molar-refractivity contribution is 0.0951. The van der Waals surface area contributed by atoms with Gasteiger partial charge in [0.05, 0.1) is 11.2 Å². The predicted molar refractivity (Wildman–Crippen MR) is 101 cm³/mol. The second kappa shape index (κ2) is 6.44. The van der Waals surface area contributed by atoms with Crippen molar-refractivity contribution in [2.75, 3.05) is 6.54 Å². The number of amides is 1. The highest BCUT2D eigenvalue weighted by Gasteiger charge is 2.20. The summed E-state index contributed by atoms with van der Waals surface area (Å²) >= 11 is 0. The van der Waals surface area contributed by atoms with E-state index < -0.39 is 0 Å². The van der Waals surface area contributed by atoms with Gasteiger partial charge in [0.2, 0.25) is 5.43 Å². The zero-order valence-electron chi connectivity index (χ0n) is 15.1. The van der Waals surface area contributed by atoms with Crippen molar-refractivity contribution in [2.45, 2.75) is 39.8 Å². The largest absolute Gasteiger partial charge is 0.352 e. The molecule has 1 aromatic carbocycles. The maximum Gasteiger partial charge on any atom is 0.256 e. The Morgan fingerprint density at radius 3 is 2.92 bits per heavy atom. The molecule has 0 spiro atoms. The number of aromatic nitrogens is 3. The molecular weight excluding hydrogens is 328 g/mol. The number of para-hydroxylation sites is 1. The third-order valence-electron chi connectivity index (χ3n) is 4.98. The SMILES string of the molecule is Cc1cc(C)n(CCCNC(=O)c2cn3c4c(cccc4c2=O)CC3)n1. The molecule has 6 heteroatoms. The Labute approximate surface area is 151 Å². The molecule has 0 radical (unpaired) electrons. The Morgan fingerprint density at radius 1 is 1.31 bits per heavy atom. The fourth-order valence-electron chi connectivity index (χ4n) is 3.75. The molecule has 26 heavy (non-hydrogen) atoms. The van der Waals surface area contributed by atoms with Gasteiger partial charge < -0.3 is 9.88 Å². The van der Waals surface area contributed by atoms with E-state index >= 15 is 0 Å². The summed E-state index contributed by atoms with van der Waals surface area (Å²) in [6, 6.07) is 7.78. The Balaban J connectivity index is 1.47. The normalized spacial score (nSPS) is 12.7. The molecule has 4 rings (SSSR count). The van der Waals surface area contributed by atoms with Gasteiger partial charge in [0.1, 0.15) is 5.56 Å². The van der Waals surface area contributed by atoms with Gasteiger partial charge in [-0.05, 0) is 44.4 Å². The van der Waals surface area contributed by atoms with Crippen LogP contribution in [0.3, 0.4) is 0 Å². The summed E-state index contributed by atoms with van der Waals surface area (Å²) in [6.07, 6.45) is 3.38. The Hall–Kier alpha value is -2.89. The Kier molecular flexibility index (Phi) is 4.11. The van der Waals surface area contributed by atoms with Crippen LogP contribution in [0.4, 0.5) is 0 Å². The van der Waals surface area contributed by atoms with E-state index in [-0.39, 0.29) is 16.9 Å². The van der Waals surface area contributed by atoms with Crippen LogP contribution in [-0.2, 0) is 19.5 Å². The van der Waals surface area contributed by atoms with Crippen LogP contribution in [0.15, 0.2) is 35.3 Å². The summed E-state index contributed by atoms with van der Waals surface area (Å²) in [4.78, 5) is 25.2. The van der Waals surface area contributed by atoms with Crippen molar-refractivity contribution in [1.29, 1.82) is 0 Å². The molecule has 1 amide bonds. The topological polar surface area (TPSA) is 68.9 Å². The van der Waals surface area contributed by atoms with E-state index in [1.807, 2.05) is 47.4 Å². The number of nitrogens with zero attached hydrogens (tertiary/aromatic N) is 3. The minimum absolute atomic E-state index is 0.184. The van der Waals surface area contributed by atoms with Gasteiger partial charge in [-0.15, -0.1) is 0 Å². The second-order valence-corrected chi connectivity index (χ2v) is 6.89. The zero-order valence-corrected chi connectivity index (χ0v) is 15.1. The first-order chi connectivity index (χ1) is 12.5. The van der Waals surface area contributed by atoms with Gasteiger partial charge in [0.25, 0.3) is 5.91 Å². The lowest BCUT2D eigenvalue weighted by Gasteiger charge is -2.10. The van der Waals surface area contributed by atoms with E-state index in [0.29, 0.717) is 11.9 Å². The molecular formula is C20H22N4O2. The van der Waals surface area contributed by atoms with Crippen molar-refractivity contribution in [2.24, 2.45) is 0 Å². The van der Waals surface area contributed by atoms with Crippen LogP contribution in [0.1, 0.15) is 33.7 Å². The molecule has 134 valence electrons. The number of carbonyl (C=O) groups is 1. The van der Waals surface area contributed by atoms with Gasteiger partial charge in [0, 0.05) is 36.9 Å². The molecule has 1 aliphatic rings. The maximum atomic E-state index is 12.7. The number of pyridine rings is 1. The molecule has 3 aromatic rings. The van der Waals surface area contributed by atoms with Gasteiger partial charge >= 0.3 is 0 Å². The number of carbonyl (C=O) groups excluding carboxylic acids is 1. The van der Waals surface area contributed by atoms with Crippen LogP contribution in [0.25, 0.3) is 10.9 Å². The van der Waals surface area contributed by atoms with Crippen molar-refractivity contribution in [1.82, 2.24) is 19.7 Å². The van der Waals surface area contributed by atoms with E-state index in [1.165, 1.54) is 5.56 Å². The van der Waals surface area contributed by atoms with Crippen molar-refractivity contribution in [3.05, 3.63) is 63.2 Å². The Morgan fingerprint density at radius 2 is 2.15 bits per heavy atom. The van der Waals surface area contributed by atoms with E-state index in [9.17, 15) is 9.59 Å². The van der Waals surface area contributed by atoms with E-state index in [2.05, 4.69) is 10.4 Å². The minimum Gasteiger partial charge on any atom is -0.352 e. The highest BCUT2D eigenvalue weighted by atomic mass is 16.2. The molecule has 0 saturated carbocycles. The number of hydrogen-bond acceptors (Lipinski definition) is 3. The van der Waals surface area contributed by atoms with E-state index in [0.717, 1.165) is 42.8 Å². The predicted octanol–water partition coefficient (Wildman–Crippen LogP) is 2.19. The molecule has 0 fully saturated rings. The van der Waals surface area contributed by atoms with Crippen LogP contribution in [0.2, 0.25) is 0 Å². The monoisotopic (exact) mass is 350 g/mol. The van der Waals surface area contributed by atoms with E-state index in [4.69, 9.17) is 0 Å². The summed E-state index contributed by atoms with van der Waals surface area (Å²) < 4.78 is 3.96. The quantitative estimate of drug-likeness (QED) is 0.717. The number of nitrogens with one attached hydrogen (secondary N) is 1. The van der Waals surface area contributed by atoms with Crippen molar-refractivity contribution < 1.29 is 4.79 Å². The molecule has 0 bridgehead atoms. The zero-order chi connectivity index (χ0) is 18.3. The van der Waals surface area contributed by atoms with Gasteiger partial charge in [-0.2, -0.15) is 5.10 Å². The third-order valence-corrected chi connectivity index (χ3v) is 4.98. The second-order valence-electron chi connectivity index (χ2n) is 6.89. The smallest absolute Gasteiger partial charge is 0.256 e. The molecule has 2 aromatic heterocycles. The Bertz CT molecular complexity index is 1060. The summed E-state index contributed by atoms with van der Waals surface area (Å²) in [5, 5.41) is 7.92. The lowest BCUT2D eigenvalue weighted by Crippen LogP contribution is -2.30. The van der Waals surface area contributed by atoms with Crippen LogP contribution in [0, 0.1) is 13.8 Å². The lowest BCUT2D eigenvalue weighted by atomic mass is 10.1. The molecule has 0 aliphatic carbocycles. The first kappa shape index (κ1) is 16.6. The van der Waals surface area contributed by atoms with Crippen LogP contribution < -0.4 is 10.7 Å². The molecule has 0 atom stereocenters. The summed E-state index contributed by atoms with van der Waals surface area (Å²) in [5.41, 5.74) is 4.29. The fraction of sp³-hybridized carbons (Fsp3) is 0.350. The van der Waals surface area contributed by atoms with Gasteiger partial charge in [-0.25, -0.2) is 0 Å². The van der Waals surface area contributed by atoms with Crippen LogP contribution >= 0.6 is 0 Å². The first-order valence-corrected chi connectivity index (χ1v) is 8.99. The van der Waals surface area contributed by atoms with Gasteiger partial charge in [0.15, 0.2) is 0 Å².